The molecule has 0 radical (unpaired) electrons. The van der Waals surface area contributed by atoms with Gasteiger partial charge in [0.15, 0.2) is 5.13 Å². The second kappa shape index (κ2) is 6.37. The van der Waals surface area contributed by atoms with Crippen LogP contribution in [-0.2, 0) is 0 Å². The Kier molecular flexibility index (Phi) is 3.91. The summed E-state index contributed by atoms with van der Waals surface area (Å²) in [5.41, 5.74) is 8.62. The topological polar surface area (TPSA) is 86.0 Å². The number of nitrogen functional groups attached to an aromatic ring is 1. The molecule has 25 heavy (non-hydrogen) atoms. The Morgan fingerprint density at radius 1 is 1.12 bits per heavy atom. The maximum Gasteiger partial charge on any atom is 0.189 e. The van der Waals surface area contributed by atoms with Crippen LogP contribution in [0, 0.1) is 0 Å². The molecule has 0 fully saturated rings. The highest BCUT2D eigenvalue weighted by Crippen LogP contribution is 2.34. The van der Waals surface area contributed by atoms with Crippen LogP contribution in [0.2, 0.25) is 0 Å². The molecule has 4 aromatic rings. The molecule has 7 heteroatoms. The highest BCUT2D eigenvalue weighted by Gasteiger charge is 2.10. The standard InChI is InChI=1S/C18H15N5OS/c1-24-14-7-8-20-10-12(14)11-5-6-13-15(9-11)25-18(21-13)23-17-4-2-3-16(19)22-17/h2-10H,1H3,(H3,19,21,22,23). The van der Waals surface area contributed by atoms with E-state index >= 15 is 0 Å². The molecule has 3 N–H and O–H groups in total. The van der Waals surface area contributed by atoms with E-state index in [2.05, 4.69) is 26.3 Å². The van der Waals surface area contributed by atoms with Gasteiger partial charge in [-0.2, -0.15) is 0 Å². The maximum atomic E-state index is 5.71. The Morgan fingerprint density at radius 3 is 2.88 bits per heavy atom. The van der Waals surface area contributed by atoms with Gasteiger partial charge in [0.2, 0.25) is 0 Å². The van der Waals surface area contributed by atoms with E-state index in [4.69, 9.17) is 10.5 Å². The third-order valence-electron chi connectivity index (χ3n) is 3.71. The number of thiazole rings is 1. The number of nitrogens with two attached hydrogens (primary N) is 1. The molecule has 3 aromatic heterocycles. The van der Waals surface area contributed by atoms with Gasteiger partial charge in [-0.25, -0.2) is 9.97 Å². The Balaban J connectivity index is 1.70. The number of hydrogen-bond acceptors (Lipinski definition) is 7. The number of pyridine rings is 2. The molecule has 3 heterocycles. The first-order valence-electron chi connectivity index (χ1n) is 7.61. The SMILES string of the molecule is COc1ccncc1-c1ccc2nc(Nc3cccc(N)n3)sc2c1. The van der Waals surface area contributed by atoms with Gasteiger partial charge in [0.1, 0.15) is 17.4 Å². The van der Waals surface area contributed by atoms with Crippen molar-refractivity contribution in [3.8, 4) is 16.9 Å². The lowest BCUT2D eigenvalue weighted by Gasteiger charge is -2.07. The van der Waals surface area contributed by atoms with E-state index in [-0.39, 0.29) is 0 Å². The van der Waals surface area contributed by atoms with Crippen LogP contribution in [0.4, 0.5) is 16.8 Å². The smallest absolute Gasteiger partial charge is 0.189 e. The minimum Gasteiger partial charge on any atom is -0.496 e. The zero-order chi connectivity index (χ0) is 17.2. The molecule has 0 spiro atoms. The molecular formula is C18H15N5OS. The molecule has 0 saturated carbocycles. The lowest BCUT2D eigenvalue weighted by atomic mass is 10.1. The zero-order valence-electron chi connectivity index (χ0n) is 13.4. The first kappa shape index (κ1) is 15.3. The summed E-state index contributed by atoms with van der Waals surface area (Å²) in [4.78, 5) is 13.0. The number of hydrogen-bond donors (Lipinski definition) is 2. The summed E-state index contributed by atoms with van der Waals surface area (Å²) in [5.74, 6) is 1.94. The van der Waals surface area contributed by atoms with Crippen LogP contribution in [0.25, 0.3) is 21.3 Å². The van der Waals surface area contributed by atoms with Gasteiger partial charge in [-0.1, -0.05) is 23.5 Å². The number of benzene rings is 1. The molecule has 0 atom stereocenters. The van der Waals surface area contributed by atoms with E-state index in [1.54, 1.807) is 36.9 Å². The van der Waals surface area contributed by atoms with Crippen molar-refractivity contribution in [2.24, 2.45) is 0 Å². The highest BCUT2D eigenvalue weighted by atomic mass is 32.1. The van der Waals surface area contributed by atoms with E-state index < -0.39 is 0 Å². The van der Waals surface area contributed by atoms with Gasteiger partial charge >= 0.3 is 0 Å². The first-order chi connectivity index (χ1) is 12.2. The van der Waals surface area contributed by atoms with E-state index in [9.17, 15) is 0 Å². The fourth-order valence-corrected chi connectivity index (χ4v) is 3.46. The molecule has 0 amide bonds. The summed E-state index contributed by atoms with van der Waals surface area (Å²) in [6, 6.07) is 13.4. The first-order valence-corrected chi connectivity index (χ1v) is 8.43. The van der Waals surface area contributed by atoms with Gasteiger partial charge in [-0.3, -0.25) is 4.98 Å². The number of rotatable bonds is 4. The second-order valence-corrected chi connectivity index (χ2v) is 6.38. The fraction of sp³-hybridized carbons (Fsp3) is 0.0556. The Bertz CT molecular complexity index is 1050. The quantitative estimate of drug-likeness (QED) is 0.577. The van der Waals surface area contributed by atoms with Gasteiger partial charge in [0.25, 0.3) is 0 Å². The predicted molar refractivity (Wildman–Crippen MR) is 101 cm³/mol. The van der Waals surface area contributed by atoms with Gasteiger partial charge in [-0.05, 0) is 35.9 Å². The van der Waals surface area contributed by atoms with Crippen molar-refractivity contribution in [3.05, 3.63) is 54.9 Å². The Morgan fingerprint density at radius 2 is 2.04 bits per heavy atom. The molecule has 6 nitrogen and oxygen atoms in total. The third kappa shape index (κ3) is 3.09. The van der Waals surface area contributed by atoms with Crippen molar-refractivity contribution in [1.82, 2.24) is 15.0 Å². The average molecular weight is 349 g/mol. The monoisotopic (exact) mass is 349 g/mol. The molecule has 4 rings (SSSR count). The second-order valence-electron chi connectivity index (χ2n) is 5.35. The summed E-state index contributed by atoms with van der Waals surface area (Å²) >= 11 is 1.56. The van der Waals surface area contributed by atoms with Crippen LogP contribution in [0.15, 0.2) is 54.9 Å². The van der Waals surface area contributed by atoms with Crippen molar-refractivity contribution in [3.63, 3.8) is 0 Å². The van der Waals surface area contributed by atoms with Crippen LogP contribution >= 0.6 is 11.3 Å². The van der Waals surface area contributed by atoms with Crippen LogP contribution in [0.3, 0.4) is 0 Å². The van der Waals surface area contributed by atoms with Crippen molar-refractivity contribution < 1.29 is 4.74 Å². The number of anilines is 3. The van der Waals surface area contributed by atoms with E-state index in [1.165, 1.54) is 0 Å². The van der Waals surface area contributed by atoms with Gasteiger partial charge in [-0.15, -0.1) is 0 Å². The zero-order valence-corrected chi connectivity index (χ0v) is 14.2. The maximum absolute atomic E-state index is 5.71. The van der Waals surface area contributed by atoms with Crippen molar-refractivity contribution >= 4 is 38.3 Å². The molecule has 0 aliphatic carbocycles. The summed E-state index contributed by atoms with van der Waals surface area (Å²) in [6.07, 6.45) is 3.52. The fourth-order valence-electron chi connectivity index (χ4n) is 2.55. The van der Waals surface area contributed by atoms with Crippen LogP contribution in [0.5, 0.6) is 5.75 Å². The molecule has 0 aliphatic heterocycles. The molecule has 0 bridgehead atoms. The third-order valence-corrected chi connectivity index (χ3v) is 4.64. The molecular weight excluding hydrogens is 334 g/mol. The summed E-state index contributed by atoms with van der Waals surface area (Å²) in [6.45, 7) is 0. The molecule has 1 aromatic carbocycles. The highest BCUT2D eigenvalue weighted by molar-refractivity contribution is 7.22. The van der Waals surface area contributed by atoms with E-state index in [0.29, 0.717) is 11.6 Å². The van der Waals surface area contributed by atoms with Crippen molar-refractivity contribution in [1.29, 1.82) is 0 Å². The lowest BCUT2D eigenvalue weighted by molar-refractivity contribution is 0.416. The number of ether oxygens (including phenoxy) is 1. The van der Waals surface area contributed by atoms with Crippen molar-refractivity contribution in [2.45, 2.75) is 0 Å². The largest absolute Gasteiger partial charge is 0.496 e. The Hall–Kier alpha value is -3.19. The molecule has 0 saturated heterocycles. The normalized spacial score (nSPS) is 10.8. The summed E-state index contributed by atoms with van der Waals surface area (Å²) in [7, 11) is 1.66. The number of nitrogens with one attached hydrogen (secondary N) is 1. The number of aromatic nitrogens is 3. The molecule has 0 aliphatic rings. The minimum absolute atomic E-state index is 0.470. The lowest BCUT2D eigenvalue weighted by Crippen LogP contribution is -1.95. The average Bonchev–Trinajstić information content (AvgIpc) is 3.03. The van der Waals surface area contributed by atoms with Crippen LogP contribution in [-0.4, -0.2) is 22.1 Å². The summed E-state index contributed by atoms with van der Waals surface area (Å²) in [5, 5.41) is 3.96. The van der Waals surface area contributed by atoms with Crippen LogP contribution in [0.1, 0.15) is 0 Å². The number of nitrogens with zero attached hydrogens (tertiary/aromatic N) is 3. The van der Waals surface area contributed by atoms with Gasteiger partial charge in [0.05, 0.1) is 17.3 Å². The van der Waals surface area contributed by atoms with E-state index in [0.717, 1.165) is 32.2 Å². The molecule has 0 unspecified atom stereocenters. The van der Waals surface area contributed by atoms with E-state index in [1.807, 2.05) is 30.3 Å². The van der Waals surface area contributed by atoms with Crippen molar-refractivity contribution in [2.75, 3.05) is 18.2 Å². The molecule has 124 valence electrons. The number of methoxy groups -OCH3 is 1. The Labute approximate surface area is 148 Å². The van der Waals surface area contributed by atoms with Gasteiger partial charge in [0, 0.05) is 18.0 Å². The summed E-state index contributed by atoms with van der Waals surface area (Å²) < 4.78 is 6.49. The minimum atomic E-state index is 0.470. The number of fused-ring (bicyclic) bond motifs is 1. The van der Waals surface area contributed by atoms with Crippen LogP contribution < -0.4 is 15.8 Å². The van der Waals surface area contributed by atoms with Gasteiger partial charge < -0.3 is 15.8 Å². The predicted octanol–water partition coefficient (Wildman–Crippen LogP) is 4.09.